The average molecular weight is 235 g/mol. The molecule has 0 bridgehead atoms. The van der Waals surface area contributed by atoms with Crippen LogP contribution in [0.3, 0.4) is 0 Å². The van der Waals surface area contributed by atoms with Gasteiger partial charge < -0.3 is 10.8 Å². The van der Waals surface area contributed by atoms with E-state index >= 15 is 0 Å². The fourth-order valence-corrected chi connectivity index (χ4v) is 1.21. The smallest absolute Gasteiger partial charge is 0.126 e. The van der Waals surface area contributed by atoms with Crippen LogP contribution >= 0.6 is 0 Å². The molecule has 0 aromatic heterocycles. The van der Waals surface area contributed by atoms with Crippen LogP contribution in [0.2, 0.25) is 0 Å². The Bertz CT molecular complexity index is 616. The van der Waals surface area contributed by atoms with Crippen LogP contribution in [0.25, 0.3) is 6.08 Å². The number of nitrogens with two attached hydrogens (primary N) is 1. The van der Waals surface area contributed by atoms with Crippen LogP contribution < -0.4 is 5.73 Å². The van der Waals surface area contributed by atoms with Crippen LogP contribution in [-0.4, -0.2) is 5.11 Å². The van der Waals surface area contributed by atoms with E-state index in [0.29, 0.717) is 5.56 Å². The van der Waals surface area contributed by atoms with Crippen LogP contribution in [0.5, 0.6) is 5.75 Å². The van der Waals surface area contributed by atoms with Crippen molar-refractivity contribution in [1.29, 1.82) is 10.5 Å². The maximum absolute atomic E-state index is 9.13. The van der Waals surface area contributed by atoms with Crippen LogP contribution in [-0.2, 0) is 0 Å². The van der Waals surface area contributed by atoms with Crippen molar-refractivity contribution in [3.63, 3.8) is 0 Å². The van der Waals surface area contributed by atoms with E-state index in [9.17, 15) is 0 Å². The highest BCUT2D eigenvalue weighted by molar-refractivity contribution is 5.66. The number of rotatable bonds is 2. The van der Waals surface area contributed by atoms with E-state index in [4.69, 9.17) is 27.8 Å². The summed E-state index contributed by atoms with van der Waals surface area (Å²) in [4.78, 5) is 0. The van der Waals surface area contributed by atoms with Gasteiger partial charge in [-0.3, -0.25) is 0 Å². The molecule has 0 fully saturated rings. The Morgan fingerprint density at radius 3 is 2.28 bits per heavy atom. The number of phenolic OH excluding ortho intramolecular Hbond substituents is 1. The zero-order chi connectivity index (χ0) is 13.5. The summed E-state index contributed by atoms with van der Waals surface area (Å²) in [6.07, 6.45) is 6.60. The van der Waals surface area contributed by atoms with Gasteiger partial charge in [-0.1, -0.05) is 18.1 Å². The predicted octanol–water partition coefficient (Wildman–Crippen LogP) is 1.67. The molecule has 0 amide bonds. The van der Waals surface area contributed by atoms with E-state index in [-0.39, 0.29) is 22.6 Å². The Morgan fingerprint density at radius 2 is 1.83 bits per heavy atom. The molecule has 0 saturated heterocycles. The predicted molar refractivity (Wildman–Crippen MR) is 67.4 cm³/mol. The van der Waals surface area contributed by atoms with E-state index in [1.165, 1.54) is 18.2 Å². The number of allylic oxidation sites excluding steroid dienone is 2. The fourth-order valence-electron chi connectivity index (χ4n) is 1.21. The van der Waals surface area contributed by atoms with Gasteiger partial charge in [-0.05, 0) is 23.8 Å². The number of nitrogens with zero attached hydrogens (tertiary/aromatic N) is 2. The van der Waals surface area contributed by atoms with Gasteiger partial charge in [0.1, 0.15) is 23.5 Å². The lowest BCUT2D eigenvalue weighted by Crippen LogP contribution is -2.03. The molecule has 4 nitrogen and oxygen atoms in total. The zero-order valence-corrected chi connectivity index (χ0v) is 9.38. The Morgan fingerprint density at radius 1 is 1.22 bits per heavy atom. The monoisotopic (exact) mass is 235 g/mol. The van der Waals surface area contributed by atoms with Crippen molar-refractivity contribution >= 4 is 6.08 Å². The molecule has 1 aromatic rings. The molecule has 86 valence electrons. The first-order chi connectivity index (χ1) is 8.62. The van der Waals surface area contributed by atoms with Gasteiger partial charge in [-0.25, -0.2) is 0 Å². The van der Waals surface area contributed by atoms with Crippen molar-refractivity contribution in [3.8, 4) is 30.2 Å². The Labute approximate surface area is 105 Å². The van der Waals surface area contributed by atoms with Gasteiger partial charge in [-0.15, -0.1) is 6.42 Å². The van der Waals surface area contributed by atoms with Crippen LogP contribution in [0.1, 0.15) is 5.56 Å². The minimum atomic E-state index is -0.0819. The van der Waals surface area contributed by atoms with Crippen molar-refractivity contribution in [2.24, 2.45) is 5.73 Å². The number of hydrogen-bond donors (Lipinski definition) is 2. The van der Waals surface area contributed by atoms with Crippen molar-refractivity contribution in [2.45, 2.75) is 0 Å². The highest BCUT2D eigenvalue weighted by Crippen LogP contribution is 2.16. The maximum atomic E-state index is 9.13. The molecular formula is C14H9N3O. The van der Waals surface area contributed by atoms with Gasteiger partial charge in [0, 0.05) is 0 Å². The Kier molecular flexibility index (Phi) is 4.16. The first-order valence-corrected chi connectivity index (χ1v) is 4.90. The highest BCUT2D eigenvalue weighted by Gasteiger charge is 2.06. The number of terminal acetylenes is 1. The second-order valence-electron chi connectivity index (χ2n) is 3.31. The molecule has 18 heavy (non-hydrogen) atoms. The number of benzene rings is 1. The molecule has 0 aliphatic heterocycles. The second kappa shape index (κ2) is 5.80. The van der Waals surface area contributed by atoms with Gasteiger partial charge in [0.05, 0.1) is 11.3 Å². The maximum Gasteiger partial charge on any atom is 0.126 e. The third kappa shape index (κ3) is 2.92. The molecule has 0 aliphatic rings. The van der Waals surface area contributed by atoms with Gasteiger partial charge in [0.25, 0.3) is 0 Å². The van der Waals surface area contributed by atoms with E-state index in [0.717, 1.165) is 0 Å². The number of aromatic hydroxyl groups is 1. The Hall–Kier alpha value is -3.16. The molecule has 0 unspecified atom stereocenters. The summed E-state index contributed by atoms with van der Waals surface area (Å²) in [7, 11) is 0. The van der Waals surface area contributed by atoms with Gasteiger partial charge in [0.2, 0.25) is 0 Å². The molecule has 0 radical (unpaired) electrons. The van der Waals surface area contributed by atoms with E-state index in [2.05, 4.69) is 5.92 Å². The van der Waals surface area contributed by atoms with Crippen LogP contribution in [0.4, 0.5) is 0 Å². The summed E-state index contributed by atoms with van der Waals surface area (Å²) in [6, 6.07) is 9.82. The molecule has 3 N–H and O–H groups in total. The molecule has 0 saturated carbocycles. The molecule has 1 aromatic carbocycles. The Balaban J connectivity index is 3.26. The van der Waals surface area contributed by atoms with Crippen molar-refractivity contribution in [2.75, 3.05) is 0 Å². The van der Waals surface area contributed by atoms with E-state index < -0.39 is 0 Å². The van der Waals surface area contributed by atoms with E-state index in [1.807, 2.05) is 6.07 Å². The standard InChI is InChI=1S/C14H9N3O/c1-2-11(8-15)14(17)12(9-16)7-10-3-5-13(18)6-4-10/h1,3-7,18H,17H2/b12-7+,14-11+. The lowest BCUT2D eigenvalue weighted by Gasteiger charge is -2.00. The normalized spacial score (nSPS) is 11.7. The van der Waals surface area contributed by atoms with Crippen LogP contribution in [0, 0.1) is 35.0 Å². The first-order valence-electron chi connectivity index (χ1n) is 4.90. The molecule has 4 heteroatoms. The largest absolute Gasteiger partial charge is 0.508 e. The molecule has 0 atom stereocenters. The SMILES string of the molecule is C#C/C(C#N)=C(N)/C(C#N)=C/c1ccc(O)cc1. The minimum Gasteiger partial charge on any atom is -0.508 e. The van der Waals surface area contributed by atoms with E-state index in [1.54, 1.807) is 18.2 Å². The van der Waals surface area contributed by atoms with Crippen molar-refractivity contribution < 1.29 is 5.11 Å². The minimum absolute atomic E-state index is 0.0319. The van der Waals surface area contributed by atoms with Crippen molar-refractivity contribution in [3.05, 3.63) is 46.7 Å². The number of nitriles is 2. The summed E-state index contributed by atoms with van der Waals surface area (Å²) in [5, 5.41) is 26.9. The molecular weight excluding hydrogens is 226 g/mol. The summed E-state index contributed by atoms with van der Waals surface area (Å²) >= 11 is 0. The summed E-state index contributed by atoms with van der Waals surface area (Å²) in [5.41, 5.74) is 6.31. The van der Waals surface area contributed by atoms with Gasteiger partial charge in [-0.2, -0.15) is 10.5 Å². The van der Waals surface area contributed by atoms with Crippen LogP contribution in [0.15, 0.2) is 41.1 Å². The zero-order valence-electron chi connectivity index (χ0n) is 9.38. The molecule has 0 heterocycles. The molecule has 0 aliphatic carbocycles. The summed E-state index contributed by atoms with van der Waals surface area (Å²) in [6.45, 7) is 0. The lowest BCUT2D eigenvalue weighted by molar-refractivity contribution is 0.475. The third-order valence-corrected chi connectivity index (χ3v) is 2.14. The summed E-state index contributed by atoms with van der Waals surface area (Å²) < 4.78 is 0. The third-order valence-electron chi connectivity index (χ3n) is 2.14. The molecule has 1 rings (SSSR count). The first kappa shape index (κ1) is 12.9. The lowest BCUT2D eigenvalue weighted by atomic mass is 10.1. The average Bonchev–Trinajstić information content (AvgIpc) is 2.39. The van der Waals surface area contributed by atoms with Gasteiger partial charge in [0.15, 0.2) is 0 Å². The summed E-state index contributed by atoms with van der Waals surface area (Å²) in [5.74, 6) is 2.24. The van der Waals surface area contributed by atoms with Gasteiger partial charge >= 0.3 is 0 Å². The molecule has 0 spiro atoms. The fraction of sp³-hybridized carbons (Fsp3) is 0. The quantitative estimate of drug-likeness (QED) is 0.463. The second-order valence-corrected chi connectivity index (χ2v) is 3.31. The highest BCUT2D eigenvalue weighted by atomic mass is 16.3. The number of hydrogen-bond acceptors (Lipinski definition) is 4. The number of phenols is 1. The topological polar surface area (TPSA) is 93.8 Å². The van der Waals surface area contributed by atoms with Crippen molar-refractivity contribution in [1.82, 2.24) is 0 Å².